The fourth-order valence-electron chi connectivity index (χ4n) is 4.43. The highest BCUT2D eigenvalue weighted by Gasteiger charge is 2.31. The number of piperazine rings is 2. The van der Waals surface area contributed by atoms with Crippen LogP contribution in [0.1, 0.15) is 15.9 Å². The number of methoxy groups -OCH3 is 1. The van der Waals surface area contributed by atoms with Crippen molar-refractivity contribution in [3.63, 3.8) is 0 Å². The summed E-state index contributed by atoms with van der Waals surface area (Å²) >= 11 is 0. The molecule has 0 radical (unpaired) electrons. The maximum absolute atomic E-state index is 13.0. The predicted molar refractivity (Wildman–Crippen MR) is 126 cm³/mol. The van der Waals surface area contributed by atoms with Gasteiger partial charge >= 0.3 is 6.18 Å². The maximum atomic E-state index is 13.0. The van der Waals surface area contributed by atoms with Crippen LogP contribution in [0, 0.1) is 0 Å². The van der Waals surface area contributed by atoms with Crippen molar-refractivity contribution in [1.29, 1.82) is 0 Å². The molecule has 35 heavy (non-hydrogen) atoms. The van der Waals surface area contributed by atoms with E-state index in [0.717, 1.165) is 12.1 Å². The Bertz CT molecular complexity index is 1050. The number of ether oxygens (including phenoxy) is 1. The van der Waals surface area contributed by atoms with E-state index in [-0.39, 0.29) is 18.4 Å². The molecule has 2 fully saturated rings. The fraction of sp³-hybridized carbons (Fsp3) is 0.440. The summed E-state index contributed by atoms with van der Waals surface area (Å²) in [6.45, 7) is 4.43. The van der Waals surface area contributed by atoms with Crippen molar-refractivity contribution in [3.05, 3.63) is 59.7 Å². The number of hydrogen-bond acceptors (Lipinski definition) is 5. The molecule has 2 aromatic carbocycles. The average molecular weight is 491 g/mol. The van der Waals surface area contributed by atoms with Crippen molar-refractivity contribution in [2.45, 2.75) is 6.18 Å². The molecule has 7 nitrogen and oxygen atoms in total. The minimum absolute atomic E-state index is 0.00117. The minimum Gasteiger partial charge on any atom is -0.497 e. The number of hydrogen-bond donors (Lipinski definition) is 0. The van der Waals surface area contributed by atoms with E-state index in [9.17, 15) is 22.8 Å². The molecule has 0 atom stereocenters. The van der Waals surface area contributed by atoms with Crippen LogP contribution < -0.4 is 9.64 Å². The Morgan fingerprint density at radius 3 is 2.17 bits per heavy atom. The summed E-state index contributed by atoms with van der Waals surface area (Å²) in [7, 11) is 1.56. The molecule has 2 heterocycles. The molecule has 0 bridgehead atoms. The van der Waals surface area contributed by atoms with Crippen molar-refractivity contribution in [3.8, 4) is 5.75 Å². The van der Waals surface area contributed by atoms with Gasteiger partial charge in [-0.15, -0.1) is 0 Å². The van der Waals surface area contributed by atoms with Gasteiger partial charge in [0.1, 0.15) is 5.75 Å². The van der Waals surface area contributed by atoms with Crippen LogP contribution in [0.2, 0.25) is 0 Å². The lowest BCUT2D eigenvalue weighted by molar-refractivity contribution is -0.137. The van der Waals surface area contributed by atoms with Crippen molar-refractivity contribution in [2.24, 2.45) is 0 Å². The zero-order valence-corrected chi connectivity index (χ0v) is 19.6. The molecule has 2 saturated heterocycles. The zero-order valence-electron chi connectivity index (χ0n) is 19.6. The summed E-state index contributed by atoms with van der Waals surface area (Å²) in [4.78, 5) is 33.1. The number of benzene rings is 2. The van der Waals surface area contributed by atoms with Gasteiger partial charge in [-0.25, -0.2) is 0 Å². The Labute approximate surface area is 202 Å². The minimum atomic E-state index is -4.38. The van der Waals surface area contributed by atoms with Crippen molar-refractivity contribution in [2.75, 3.05) is 70.9 Å². The second-order valence-corrected chi connectivity index (χ2v) is 8.72. The van der Waals surface area contributed by atoms with E-state index in [4.69, 9.17) is 4.74 Å². The first-order valence-corrected chi connectivity index (χ1v) is 11.6. The van der Waals surface area contributed by atoms with E-state index in [1.165, 1.54) is 6.07 Å². The molecule has 0 spiro atoms. The summed E-state index contributed by atoms with van der Waals surface area (Å²) in [5, 5.41) is 0. The molecule has 2 aromatic rings. The monoisotopic (exact) mass is 490 g/mol. The van der Waals surface area contributed by atoms with Crippen LogP contribution >= 0.6 is 0 Å². The van der Waals surface area contributed by atoms with Gasteiger partial charge in [-0.05, 0) is 36.4 Å². The van der Waals surface area contributed by atoms with E-state index in [1.807, 2.05) is 9.80 Å². The molecule has 10 heteroatoms. The fourth-order valence-corrected chi connectivity index (χ4v) is 4.43. The van der Waals surface area contributed by atoms with E-state index < -0.39 is 11.7 Å². The molecule has 0 N–H and O–H groups in total. The molecule has 0 aromatic heterocycles. The normalized spacial score (nSPS) is 17.4. The van der Waals surface area contributed by atoms with Gasteiger partial charge in [0.05, 0.1) is 19.2 Å². The lowest BCUT2D eigenvalue weighted by Crippen LogP contribution is -2.54. The highest BCUT2D eigenvalue weighted by atomic mass is 19.4. The number of nitrogens with zero attached hydrogens (tertiary/aromatic N) is 4. The van der Waals surface area contributed by atoms with Crippen LogP contribution in [0.4, 0.5) is 18.9 Å². The van der Waals surface area contributed by atoms with Crippen LogP contribution in [0.3, 0.4) is 0 Å². The van der Waals surface area contributed by atoms with Gasteiger partial charge in [0.25, 0.3) is 5.91 Å². The van der Waals surface area contributed by atoms with Gasteiger partial charge in [-0.3, -0.25) is 14.5 Å². The van der Waals surface area contributed by atoms with E-state index in [1.54, 1.807) is 47.2 Å². The molecule has 0 aliphatic carbocycles. The highest BCUT2D eigenvalue weighted by molar-refractivity contribution is 5.94. The van der Waals surface area contributed by atoms with Crippen molar-refractivity contribution in [1.82, 2.24) is 14.7 Å². The van der Waals surface area contributed by atoms with Crippen LogP contribution in [0.15, 0.2) is 48.5 Å². The van der Waals surface area contributed by atoms with Gasteiger partial charge < -0.3 is 19.4 Å². The standard InChI is InChI=1S/C25H29F3N4O3/c1-35-22-7-2-4-19(16-22)24(34)32-10-8-29(9-11-32)18-23(33)31-14-12-30(13-15-31)21-6-3-5-20(17-21)25(26,27)28/h2-7,16-17H,8-15,18H2,1H3. The number of carbonyl (C=O) groups excluding carboxylic acids is 2. The van der Waals surface area contributed by atoms with E-state index in [0.29, 0.717) is 69.4 Å². The molecular weight excluding hydrogens is 461 g/mol. The van der Waals surface area contributed by atoms with Crippen LogP contribution in [0.5, 0.6) is 5.75 Å². The summed E-state index contributed by atoms with van der Waals surface area (Å²) < 4.78 is 44.2. The van der Waals surface area contributed by atoms with E-state index in [2.05, 4.69) is 0 Å². The molecule has 0 unspecified atom stereocenters. The molecule has 4 rings (SSSR count). The first-order valence-electron chi connectivity index (χ1n) is 11.6. The predicted octanol–water partition coefficient (Wildman–Crippen LogP) is 2.82. The molecule has 2 aliphatic rings. The van der Waals surface area contributed by atoms with Gasteiger partial charge in [-0.2, -0.15) is 13.2 Å². The van der Waals surface area contributed by atoms with Crippen LogP contribution in [-0.2, 0) is 11.0 Å². The Kier molecular flexibility index (Phi) is 7.49. The number of alkyl halides is 3. The summed E-state index contributed by atoms with van der Waals surface area (Å²) in [6, 6.07) is 12.4. The first-order chi connectivity index (χ1) is 16.7. The van der Waals surface area contributed by atoms with Crippen molar-refractivity contribution >= 4 is 17.5 Å². The number of anilines is 1. The topological polar surface area (TPSA) is 56.3 Å². The Morgan fingerprint density at radius 2 is 1.51 bits per heavy atom. The van der Waals surface area contributed by atoms with Crippen LogP contribution in [-0.4, -0.2) is 92.5 Å². The number of rotatable bonds is 5. The molecule has 2 aliphatic heterocycles. The second kappa shape index (κ2) is 10.6. The van der Waals surface area contributed by atoms with Crippen molar-refractivity contribution < 1.29 is 27.5 Å². The smallest absolute Gasteiger partial charge is 0.416 e. The third-order valence-electron chi connectivity index (χ3n) is 6.51. The number of carbonyl (C=O) groups is 2. The number of halogens is 3. The Morgan fingerprint density at radius 1 is 0.857 bits per heavy atom. The summed E-state index contributed by atoms with van der Waals surface area (Å²) in [5.41, 5.74) is 0.425. The third kappa shape index (κ3) is 6.05. The van der Waals surface area contributed by atoms with Gasteiger partial charge in [0.15, 0.2) is 0 Å². The Hall–Kier alpha value is -3.27. The molecule has 188 valence electrons. The maximum Gasteiger partial charge on any atom is 0.416 e. The third-order valence-corrected chi connectivity index (χ3v) is 6.51. The van der Waals surface area contributed by atoms with Gasteiger partial charge in [-0.1, -0.05) is 12.1 Å². The average Bonchev–Trinajstić information content (AvgIpc) is 2.88. The van der Waals surface area contributed by atoms with Gasteiger partial charge in [0, 0.05) is 63.6 Å². The SMILES string of the molecule is COc1cccc(C(=O)N2CCN(CC(=O)N3CCN(c4cccc(C(F)(F)F)c4)CC3)CC2)c1. The quantitative estimate of drug-likeness (QED) is 0.645. The summed E-state index contributed by atoms with van der Waals surface area (Å²) in [5.74, 6) is 0.579. The molecule has 2 amide bonds. The van der Waals surface area contributed by atoms with Crippen LogP contribution in [0.25, 0.3) is 0 Å². The lowest BCUT2D eigenvalue weighted by atomic mass is 10.1. The number of amides is 2. The first kappa shape index (κ1) is 24.8. The molecule has 0 saturated carbocycles. The Balaban J connectivity index is 1.24. The zero-order chi connectivity index (χ0) is 25.0. The highest BCUT2D eigenvalue weighted by Crippen LogP contribution is 2.31. The van der Waals surface area contributed by atoms with Gasteiger partial charge in [0.2, 0.25) is 5.91 Å². The second-order valence-electron chi connectivity index (χ2n) is 8.72. The largest absolute Gasteiger partial charge is 0.497 e. The van der Waals surface area contributed by atoms with E-state index >= 15 is 0 Å². The summed E-state index contributed by atoms with van der Waals surface area (Å²) in [6.07, 6.45) is -4.38. The molecular formula is C25H29F3N4O3. The lowest BCUT2D eigenvalue weighted by Gasteiger charge is -2.38.